The van der Waals surface area contributed by atoms with Crippen LogP contribution in [0.5, 0.6) is 5.88 Å². The summed E-state index contributed by atoms with van der Waals surface area (Å²) in [6.07, 6.45) is 5.46. The summed E-state index contributed by atoms with van der Waals surface area (Å²) in [4.78, 5) is 8.55. The van der Waals surface area contributed by atoms with Crippen LogP contribution in [-0.2, 0) is 0 Å². The highest BCUT2D eigenvalue weighted by atomic mass is 16.5. The Hall–Kier alpha value is -1.85. The predicted molar refractivity (Wildman–Crippen MR) is 59.5 cm³/mol. The SMILES string of the molecule is CNc1nc(OC2CCC2)c2cn[nH]c2n1. The Labute approximate surface area is 92.4 Å². The fourth-order valence-corrected chi connectivity index (χ4v) is 1.66. The minimum Gasteiger partial charge on any atom is -0.474 e. The molecule has 2 N–H and O–H groups in total. The Morgan fingerprint density at radius 2 is 2.31 bits per heavy atom. The Balaban J connectivity index is 2.01. The smallest absolute Gasteiger partial charge is 0.229 e. The molecule has 0 atom stereocenters. The van der Waals surface area contributed by atoms with Crippen LogP contribution in [0, 0.1) is 0 Å². The van der Waals surface area contributed by atoms with Crippen LogP contribution in [0.2, 0.25) is 0 Å². The minimum atomic E-state index is 0.303. The molecule has 2 aromatic rings. The first-order valence-electron chi connectivity index (χ1n) is 5.42. The molecule has 16 heavy (non-hydrogen) atoms. The van der Waals surface area contributed by atoms with Crippen molar-refractivity contribution < 1.29 is 4.74 Å². The molecular weight excluding hydrogens is 206 g/mol. The van der Waals surface area contributed by atoms with Crippen LogP contribution in [0.4, 0.5) is 5.95 Å². The van der Waals surface area contributed by atoms with Crippen molar-refractivity contribution in [3.63, 3.8) is 0 Å². The lowest BCUT2D eigenvalue weighted by Gasteiger charge is -2.25. The van der Waals surface area contributed by atoms with Gasteiger partial charge in [0.2, 0.25) is 11.8 Å². The van der Waals surface area contributed by atoms with E-state index in [2.05, 4.69) is 25.5 Å². The summed E-state index contributed by atoms with van der Waals surface area (Å²) < 4.78 is 5.81. The molecule has 0 saturated heterocycles. The van der Waals surface area contributed by atoms with Gasteiger partial charge in [-0.3, -0.25) is 5.10 Å². The summed E-state index contributed by atoms with van der Waals surface area (Å²) >= 11 is 0. The van der Waals surface area contributed by atoms with Gasteiger partial charge in [-0.05, 0) is 19.3 Å². The molecule has 0 aromatic carbocycles. The van der Waals surface area contributed by atoms with E-state index in [-0.39, 0.29) is 0 Å². The first-order chi connectivity index (χ1) is 7.86. The van der Waals surface area contributed by atoms with Crippen molar-refractivity contribution in [2.75, 3.05) is 12.4 Å². The second kappa shape index (κ2) is 3.62. The molecule has 1 aliphatic carbocycles. The summed E-state index contributed by atoms with van der Waals surface area (Å²) in [6.45, 7) is 0. The highest BCUT2D eigenvalue weighted by molar-refractivity contribution is 5.80. The number of nitrogens with one attached hydrogen (secondary N) is 2. The van der Waals surface area contributed by atoms with E-state index in [1.54, 1.807) is 13.2 Å². The first-order valence-corrected chi connectivity index (χ1v) is 5.42. The lowest BCUT2D eigenvalue weighted by atomic mass is 9.96. The Morgan fingerprint density at radius 3 is 3.00 bits per heavy atom. The molecule has 2 heterocycles. The number of fused-ring (bicyclic) bond motifs is 1. The molecule has 0 amide bonds. The van der Waals surface area contributed by atoms with Crippen LogP contribution in [0.3, 0.4) is 0 Å². The maximum atomic E-state index is 5.81. The van der Waals surface area contributed by atoms with Crippen LogP contribution in [0.1, 0.15) is 19.3 Å². The normalized spacial score (nSPS) is 16.1. The van der Waals surface area contributed by atoms with Crippen molar-refractivity contribution in [2.45, 2.75) is 25.4 Å². The van der Waals surface area contributed by atoms with E-state index >= 15 is 0 Å². The Kier molecular flexibility index (Phi) is 2.12. The van der Waals surface area contributed by atoms with Crippen molar-refractivity contribution in [1.82, 2.24) is 20.2 Å². The van der Waals surface area contributed by atoms with Crippen molar-refractivity contribution in [2.24, 2.45) is 0 Å². The van der Waals surface area contributed by atoms with Crippen LogP contribution in [0.25, 0.3) is 11.0 Å². The van der Waals surface area contributed by atoms with E-state index in [1.165, 1.54) is 6.42 Å². The number of hydrogen-bond acceptors (Lipinski definition) is 5. The second-order valence-electron chi connectivity index (χ2n) is 3.91. The molecule has 0 unspecified atom stereocenters. The molecule has 6 heteroatoms. The lowest BCUT2D eigenvalue weighted by Crippen LogP contribution is -2.25. The van der Waals surface area contributed by atoms with Crippen molar-refractivity contribution in [3.8, 4) is 5.88 Å². The average molecular weight is 219 g/mol. The average Bonchev–Trinajstić information content (AvgIpc) is 2.70. The number of nitrogens with zero attached hydrogens (tertiary/aromatic N) is 3. The molecule has 6 nitrogen and oxygen atoms in total. The Morgan fingerprint density at radius 1 is 1.44 bits per heavy atom. The molecule has 0 radical (unpaired) electrons. The molecule has 0 aliphatic heterocycles. The minimum absolute atomic E-state index is 0.303. The summed E-state index contributed by atoms with van der Waals surface area (Å²) in [7, 11) is 1.78. The summed E-state index contributed by atoms with van der Waals surface area (Å²) in [6, 6.07) is 0. The fourth-order valence-electron chi connectivity index (χ4n) is 1.66. The monoisotopic (exact) mass is 219 g/mol. The topological polar surface area (TPSA) is 75.7 Å². The zero-order valence-corrected chi connectivity index (χ0v) is 9.03. The molecule has 1 fully saturated rings. The van der Waals surface area contributed by atoms with Crippen molar-refractivity contribution >= 4 is 17.0 Å². The van der Waals surface area contributed by atoms with Crippen LogP contribution >= 0.6 is 0 Å². The van der Waals surface area contributed by atoms with Crippen LogP contribution in [0.15, 0.2) is 6.20 Å². The number of H-pyrrole nitrogens is 1. The van der Waals surface area contributed by atoms with Gasteiger partial charge in [0.1, 0.15) is 11.5 Å². The summed E-state index contributed by atoms with van der Waals surface area (Å²) in [5.41, 5.74) is 0.702. The number of ether oxygens (including phenoxy) is 1. The van der Waals surface area contributed by atoms with Gasteiger partial charge >= 0.3 is 0 Å². The molecule has 3 rings (SSSR count). The van der Waals surface area contributed by atoms with Crippen LogP contribution in [-0.4, -0.2) is 33.3 Å². The number of rotatable bonds is 3. The first kappa shape index (κ1) is 9.38. The quantitative estimate of drug-likeness (QED) is 0.814. The van der Waals surface area contributed by atoms with Gasteiger partial charge in [0.15, 0.2) is 5.65 Å². The van der Waals surface area contributed by atoms with E-state index in [1.807, 2.05) is 0 Å². The maximum Gasteiger partial charge on any atom is 0.229 e. The van der Waals surface area contributed by atoms with Gasteiger partial charge in [0, 0.05) is 7.05 Å². The predicted octanol–water partition coefficient (Wildman–Crippen LogP) is 1.33. The van der Waals surface area contributed by atoms with Crippen LogP contribution < -0.4 is 10.1 Å². The zero-order chi connectivity index (χ0) is 11.0. The van der Waals surface area contributed by atoms with E-state index in [9.17, 15) is 0 Å². The molecule has 2 aromatic heterocycles. The summed E-state index contributed by atoms with van der Waals surface area (Å²) in [5, 5.41) is 10.5. The molecule has 1 aliphatic rings. The largest absolute Gasteiger partial charge is 0.474 e. The van der Waals surface area contributed by atoms with Gasteiger partial charge in [-0.1, -0.05) is 0 Å². The van der Waals surface area contributed by atoms with Gasteiger partial charge in [-0.2, -0.15) is 15.1 Å². The molecule has 1 saturated carbocycles. The molecular formula is C10H13N5O. The third kappa shape index (κ3) is 1.46. The van der Waals surface area contributed by atoms with E-state index < -0.39 is 0 Å². The highest BCUT2D eigenvalue weighted by Crippen LogP contribution is 2.28. The Bertz CT molecular complexity index is 505. The zero-order valence-electron chi connectivity index (χ0n) is 9.03. The number of aromatic amines is 1. The molecule has 84 valence electrons. The second-order valence-corrected chi connectivity index (χ2v) is 3.91. The van der Waals surface area contributed by atoms with Gasteiger partial charge in [-0.15, -0.1) is 0 Å². The van der Waals surface area contributed by atoms with E-state index in [4.69, 9.17) is 4.74 Å². The van der Waals surface area contributed by atoms with E-state index in [0.717, 1.165) is 18.2 Å². The molecule has 0 bridgehead atoms. The number of hydrogen-bond donors (Lipinski definition) is 2. The molecule has 0 spiro atoms. The number of aromatic nitrogens is 4. The highest BCUT2D eigenvalue weighted by Gasteiger charge is 2.21. The van der Waals surface area contributed by atoms with E-state index in [0.29, 0.717) is 23.6 Å². The van der Waals surface area contributed by atoms with Crippen molar-refractivity contribution in [1.29, 1.82) is 0 Å². The van der Waals surface area contributed by atoms with Gasteiger partial charge < -0.3 is 10.1 Å². The summed E-state index contributed by atoms with van der Waals surface area (Å²) in [5.74, 6) is 1.17. The van der Waals surface area contributed by atoms with Gasteiger partial charge in [-0.25, -0.2) is 0 Å². The van der Waals surface area contributed by atoms with Gasteiger partial charge in [0.25, 0.3) is 0 Å². The maximum absolute atomic E-state index is 5.81. The number of anilines is 1. The third-order valence-electron chi connectivity index (χ3n) is 2.83. The standard InChI is InChI=1S/C10H13N5O/c1-11-10-13-8-7(5-12-15-8)9(14-10)16-6-3-2-4-6/h5-6H,2-4H2,1H3,(H2,11,12,13,14,15). The van der Waals surface area contributed by atoms with Crippen molar-refractivity contribution in [3.05, 3.63) is 6.20 Å². The lowest BCUT2D eigenvalue weighted by molar-refractivity contribution is 0.117. The fraction of sp³-hybridized carbons (Fsp3) is 0.500. The van der Waals surface area contributed by atoms with Gasteiger partial charge in [0.05, 0.1) is 6.20 Å². The third-order valence-corrected chi connectivity index (χ3v) is 2.83.